The number of halogens is 1. The van der Waals surface area contributed by atoms with Crippen molar-refractivity contribution in [1.82, 2.24) is 9.97 Å². The minimum atomic E-state index is 0. The van der Waals surface area contributed by atoms with Crippen LogP contribution in [0.15, 0.2) is 6.33 Å². The van der Waals surface area contributed by atoms with Crippen molar-refractivity contribution in [1.29, 1.82) is 0 Å². The Morgan fingerprint density at radius 2 is 2.12 bits per heavy atom. The molecule has 0 aromatic carbocycles. The number of aromatic amines is 1. The zero-order chi connectivity index (χ0) is 5.28. The molecule has 0 saturated heterocycles. The Bertz CT molecular complexity index is 143. The highest BCUT2D eigenvalue weighted by Crippen LogP contribution is 1.94. The number of rotatable bonds is 0. The van der Waals surface area contributed by atoms with E-state index in [1.54, 1.807) is 6.33 Å². The quantitative estimate of drug-likeness (QED) is 0.640. The summed E-state index contributed by atoms with van der Waals surface area (Å²) in [7, 11) is 0. The van der Waals surface area contributed by atoms with Gasteiger partial charge in [0.1, 0.15) is 0 Å². The molecule has 0 unspecified atom stereocenters. The van der Waals surface area contributed by atoms with Gasteiger partial charge in [-0.25, -0.2) is 4.98 Å². The fraction of sp³-hybridized carbons (Fsp3) is 0.400. The van der Waals surface area contributed by atoms with E-state index in [-0.39, 0.29) is 17.0 Å². The molecule has 1 aromatic heterocycles. The van der Waals surface area contributed by atoms with E-state index in [1.165, 1.54) is 0 Å². The molecule has 0 fully saturated rings. The minimum absolute atomic E-state index is 0. The number of hydrogen-bond donors (Lipinski definition) is 1. The number of aromatic nitrogens is 2. The highest BCUT2D eigenvalue weighted by Gasteiger charge is 1.87. The summed E-state index contributed by atoms with van der Waals surface area (Å²) in [4.78, 5) is 6.92. The van der Waals surface area contributed by atoms with Crippen molar-refractivity contribution in [3.05, 3.63) is 17.7 Å². The molecular formula is C5H9BrN2. The molecule has 0 atom stereocenters. The van der Waals surface area contributed by atoms with Crippen LogP contribution in [0.1, 0.15) is 11.4 Å². The summed E-state index contributed by atoms with van der Waals surface area (Å²) in [6, 6.07) is 0. The fourth-order valence-corrected chi connectivity index (χ4v) is 0.427. The van der Waals surface area contributed by atoms with Gasteiger partial charge in [0, 0.05) is 5.69 Å². The van der Waals surface area contributed by atoms with Crippen LogP contribution in [-0.4, -0.2) is 9.97 Å². The molecule has 1 N–H and O–H groups in total. The van der Waals surface area contributed by atoms with Crippen LogP contribution in [0.2, 0.25) is 0 Å². The Morgan fingerprint density at radius 3 is 2.25 bits per heavy atom. The normalized spacial score (nSPS) is 8.25. The lowest BCUT2D eigenvalue weighted by Crippen LogP contribution is -1.71. The van der Waals surface area contributed by atoms with Crippen LogP contribution >= 0.6 is 17.0 Å². The molecule has 0 amide bonds. The van der Waals surface area contributed by atoms with Crippen molar-refractivity contribution in [2.75, 3.05) is 0 Å². The molecule has 1 heterocycles. The van der Waals surface area contributed by atoms with Crippen LogP contribution in [0.5, 0.6) is 0 Å². The highest BCUT2D eigenvalue weighted by atomic mass is 79.9. The van der Waals surface area contributed by atoms with Crippen molar-refractivity contribution in [3.63, 3.8) is 0 Å². The van der Waals surface area contributed by atoms with E-state index in [4.69, 9.17) is 0 Å². The maximum atomic E-state index is 3.96. The Hall–Kier alpha value is -0.310. The first kappa shape index (κ1) is 7.69. The summed E-state index contributed by atoms with van der Waals surface area (Å²) in [5, 5.41) is 0. The van der Waals surface area contributed by atoms with E-state index in [1.807, 2.05) is 13.8 Å². The SMILES string of the molecule is Br.Cc1nc[nH]c1C. The summed E-state index contributed by atoms with van der Waals surface area (Å²) in [5.41, 5.74) is 2.24. The molecule has 0 saturated carbocycles. The molecule has 3 heteroatoms. The topological polar surface area (TPSA) is 28.7 Å². The van der Waals surface area contributed by atoms with Gasteiger partial charge in [-0.1, -0.05) is 0 Å². The first-order chi connectivity index (χ1) is 3.30. The number of nitrogens with one attached hydrogen (secondary N) is 1. The van der Waals surface area contributed by atoms with E-state index in [9.17, 15) is 0 Å². The van der Waals surface area contributed by atoms with Gasteiger partial charge >= 0.3 is 0 Å². The summed E-state index contributed by atoms with van der Waals surface area (Å²) in [5.74, 6) is 0. The molecule has 0 spiro atoms. The van der Waals surface area contributed by atoms with Crippen molar-refractivity contribution in [2.24, 2.45) is 0 Å². The first-order valence-electron chi connectivity index (χ1n) is 2.27. The molecule has 0 aliphatic rings. The van der Waals surface area contributed by atoms with Crippen molar-refractivity contribution < 1.29 is 0 Å². The number of nitrogens with zero attached hydrogens (tertiary/aromatic N) is 1. The van der Waals surface area contributed by atoms with Gasteiger partial charge < -0.3 is 4.98 Å². The monoisotopic (exact) mass is 176 g/mol. The molecule has 0 aliphatic carbocycles. The summed E-state index contributed by atoms with van der Waals surface area (Å²) in [6.45, 7) is 3.98. The zero-order valence-corrected chi connectivity index (χ0v) is 6.65. The van der Waals surface area contributed by atoms with Crippen LogP contribution in [0.25, 0.3) is 0 Å². The molecule has 0 radical (unpaired) electrons. The van der Waals surface area contributed by atoms with Crippen LogP contribution in [-0.2, 0) is 0 Å². The van der Waals surface area contributed by atoms with E-state index in [2.05, 4.69) is 9.97 Å². The first-order valence-corrected chi connectivity index (χ1v) is 2.27. The van der Waals surface area contributed by atoms with Crippen LogP contribution in [0.3, 0.4) is 0 Å². The summed E-state index contributed by atoms with van der Waals surface area (Å²) in [6.07, 6.45) is 1.70. The lowest BCUT2D eigenvalue weighted by Gasteiger charge is -1.79. The average Bonchev–Trinajstić information content (AvgIpc) is 1.91. The predicted molar refractivity (Wildman–Crippen MR) is 38.4 cm³/mol. The van der Waals surface area contributed by atoms with Gasteiger partial charge in [0.05, 0.1) is 12.0 Å². The molecule has 2 nitrogen and oxygen atoms in total. The van der Waals surface area contributed by atoms with E-state index in [0.29, 0.717) is 0 Å². The molecular weight excluding hydrogens is 168 g/mol. The average molecular weight is 177 g/mol. The Kier molecular flexibility index (Phi) is 2.76. The largest absolute Gasteiger partial charge is 0.348 e. The molecule has 1 rings (SSSR count). The number of hydrogen-bond acceptors (Lipinski definition) is 1. The van der Waals surface area contributed by atoms with Gasteiger partial charge in [-0.05, 0) is 13.8 Å². The second-order valence-electron chi connectivity index (χ2n) is 1.61. The molecule has 1 aromatic rings. The van der Waals surface area contributed by atoms with Crippen LogP contribution in [0.4, 0.5) is 0 Å². The Balaban J connectivity index is 0.000000490. The van der Waals surface area contributed by atoms with Crippen LogP contribution in [0, 0.1) is 13.8 Å². The van der Waals surface area contributed by atoms with Crippen molar-refractivity contribution in [2.45, 2.75) is 13.8 Å². The standard InChI is InChI=1S/C5H8N2.BrH/c1-4-5(2)7-3-6-4;/h3H,1-2H3,(H,6,7);1H. The van der Waals surface area contributed by atoms with Crippen molar-refractivity contribution in [3.8, 4) is 0 Å². The zero-order valence-electron chi connectivity index (χ0n) is 4.93. The van der Waals surface area contributed by atoms with Crippen molar-refractivity contribution >= 4 is 17.0 Å². The number of imidazole rings is 1. The molecule has 0 bridgehead atoms. The van der Waals surface area contributed by atoms with E-state index < -0.39 is 0 Å². The number of aryl methyl sites for hydroxylation is 2. The van der Waals surface area contributed by atoms with Gasteiger partial charge in [0.15, 0.2) is 0 Å². The number of H-pyrrole nitrogens is 1. The highest BCUT2D eigenvalue weighted by molar-refractivity contribution is 8.93. The van der Waals surface area contributed by atoms with Gasteiger partial charge in [0.2, 0.25) is 0 Å². The second-order valence-corrected chi connectivity index (χ2v) is 1.61. The van der Waals surface area contributed by atoms with Gasteiger partial charge in [0.25, 0.3) is 0 Å². The van der Waals surface area contributed by atoms with Gasteiger partial charge in [-0.2, -0.15) is 0 Å². The lowest BCUT2D eigenvalue weighted by atomic mass is 10.4. The summed E-state index contributed by atoms with van der Waals surface area (Å²) >= 11 is 0. The van der Waals surface area contributed by atoms with Gasteiger partial charge in [-0.15, -0.1) is 17.0 Å². The van der Waals surface area contributed by atoms with Crippen LogP contribution < -0.4 is 0 Å². The summed E-state index contributed by atoms with van der Waals surface area (Å²) < 4.78 is 0. The lowest BCUT2D eigenvalue weighted by molar-refractivity contribution is 1.22. The third-order valence-corrected chi connectivity index (χ3v) is 1.08. The van der Waals surface area contributed by atoms with E-state index >= 15 is 0 Å². The fourth-order valence-electron chi connectivity index (χ4n) is 0.427. The molecule has 8 heavy (non-hydrogen) atoms. The third-order valence-electron chi connectivity index (χ3n) is 1.08. The molecule has 0 aliphatic heterocycles. The van der Waals surface area contributed by atoms with E-state index in [0.717, 1.165) is 11.4 Å². The predicted octanol–water partition coefficient (Wildman–Crippen LogP) is 1.60. The Labute approximate surface area is 59.1 Å². The maximum absolute atomic E-state index is 3.96. The third kappa shape index (κ3) is 1.33. The molecule has 46 valence electrons. The second kappa shape index (κ2) is 2.87. The maximum Gasteiger partial charge on any atom is 0.0925 e. The van der Waals surface area contributed by atoms with Gasteiger partial charge in [-0.3, -0.25) is 0 Å². The minimum Gasteiger partial charge on any atom is -0.348 e. The smallest absolute Gasteiger partial charge is 0.0925 e. The Morgan fingerprint density at radius 1 is 1.50 bits per heavy atom.